The molecule has 1 aliphatic carbocycles. The van der Waals surface area contributed by atoms with Crippen LogP contribution in [0.15, 0.2) is 4.99 Å². The molecule has 1 fully saturated rings. The number of hydrogen-bond acceptors (Lipinski definition) is 3. The van der Waals surface area contributed by atoms with E-state index in [1.165, 1.54) is 38.5 Å². The molecule has 0 bridgehead atoms. The largest absolute Gasteiger partial charge is 0.383 e. The van der Waals surface area contributed by atoms with Crippen LogP contribution in [0.2, 0.25) is 0 Å². The van der Waals surface area contributed by atoms with Crippen LogP contribution in [0.3, 0.4) is 0 Å². The number of nitrogens with one attached hydrogen (secondary N) is 2. The predicted molar refractivity (Wildman–Crippen MR) is 110 cm³/mol. The van der Waals surface area contributed by atoms with Crippen molar-refractivity contribution in [1.82, 2.24) is 15.5 Å². The molecule has 0 spiro atoms. The first-order valence-corrected chi connectivity index (χ1v) is 8.68. The van der Waals surface area contributed by atoms with E-state index in [4.69, 9.17) is 4.74 Å². The highest BCUT2D eigenvalue weighted by molar-refractivity contribution is 14.0. The molecule has 1 aliphatic rings. The number of methoxy groups -OCH3 is 1. The number of carbonyl (C=O) groups is 1. The van der Waals surface area contributed by atoms with Crippen molar-refractivity contribution in [1.29, 1.82) is 0 Å². The fourth-order valence-electron chi connectivity index (χ4n) is 2.79. The van der Waals surface area contributed by atoms with Crippen LogP contribution >= 0.6 is 24.0 Å². The van der Waals surface area contributed by atoms with Gasteiger partial charge in [0.15, 0.2) is 5.96 Å². The fourth-order valence-corrected chi connectivity index (χ4v) is 2.79. The van der Waals surface area contributed by atoms with Gasteiger partial charge < -0.3 is 20.3 Å². The van der Waals surface area contributed by atoms with E-state index >= 15 is 0 Å². The summed E-state index contributed by atoms with van der Waals surface area (Å²) in [6.07, 6.45) is 7.81. The van der Waals surface area contributed by atoms with Gasteiger partial charge in [-0.15, -0.1) is 24.0 Å². The van der Waals surface area contributed by atoms with Crippen molar-refractivity contribution in [2.45, 2.75) is 45.4 Å². The van der Waals surface area contributed by atoms with Crippen LogP contribution in [0.25, 0.3) is 0 Å². The van der Waals surface area contributed by atoms with E-state index < -0.39 is 0 Å². The number of halogens is 1. The van der Waals surface area contributed by atoms with Gasteiger partial charge in [-0.3, -0.25) is 4.79 Å². The first-order valence-electron chi connectivity index (χ1n) is 8.68. The van der Waals surface area contributed by atoms with Crippen LogP contribution in [0, 0.1) is 5.41 Å². The molecule has 1 amide bonds. The Kier molecular flexibility index (Phi) is 12.4. The van der Waals surface area contributed by atoms with Crippen molar-refractivity contribution in [2.24, 2.45) is 10.4 Å². The predicted octanol–water partition coefficient (Wildman–Crippen LogP) is 2.23. The second kappa shape index (κ2) is 12.7. The summed E-state index contributed by atoms with van der Waals surface area (Å²) in [6.45, 7) is 4.69. The molecular weight excluding hydrogens is 419 g/mol. The molecule has 0 saturated heterocycles. The Labute approximate surface area is 164 Å². The van der Waals surface area contributed by atoms with Crippen molar-refractivity contribution >= 4 is 35.8 Å². The number of amides is 1. The van der Waals surface area contributed by atoms with Crippen molar-refractivity contribution in [3.8, 4) is 0 Å². The highest BCUT2D eigenvalue weighted by atomic mass is 127. The van der Waals surface area contributed by atoms with Gasteiger partial charge in [0.1, 0.15) is 6.54 Å². The van der Waals surface area contributed by atoms with E-state index in [0.717, 1.165) is 6.54 Å². The molecule has 0 radical (unpaired) electrons. The van der Waals surface area contributed by atoms with E-state index in [-0.39, 0.29) is 36.4 Å². The number of likely N-dealkylation sites (N-methyl/N-ethyl adjacent to an activating group) is 1. The lowest BCUT2D eigenvalue weighted by Gasteiger charge is -2.29. The highest BCUT2D eigenvalue weighted by Gasteiger charge is 2.25. The second-order valence-electron chi connectivity index (χ2n) is 6.95. The molecule has 0 aromatic carbocycles. The molecule has 6 nitrogen and oxygen atoms in total. The lowest BCUT2D eigenvalue weighted by Crippen LogP contribution is -2.44. The maximum atomic E-state index is 11.7. The van der Waals surface area contributed by atoms with E-state index in [9.17, 15) is 4.79 Å². The van der Waals surface area contributed by atoms with Gasteiger partial charge in [0.2, 0.25) is 5.91 Å². The number of nitrogens with zero attached hydrogens (tertiary/aromatic N) is 2. The van der Waals surface area contributed by atoms with Crippen LogP contribution in [-0.4, -0.2) is 64.2 Å². The van der Waals surface area contributed by atoms with Crippen molar-refractivity contribution < 1.29 is 9.53 Å². The quantitative estimate of drug-likeness (QED) is 0.204. The Hall–Kier alpha value is -0.570. The molecule has 7 heteroatoms. The molecule has 24 heavy (non-hydrogen) atoms. The van der Waals surface area contributed by atoms with Crippen LogP contribution < -0.4 is 10.6 Å². The smallest absolute Gasteiger partial charge is 0.243 e. The average molecular weight is 454 g/mol. The number of carbonyl (C=O) groups excluding carboxylic acids is 1. The number of aliphatic imine (C=N–C) groups is 1. The highest BCUT2D eigenvalue weighted by Crippen LogP contribution is 2.33. The van der Waals surface area contributed by atoms with Gasteiger partial charge in [-0.2, -0.15) is 0 Å². The van der Waals surface area contributed by atoms with Crippen LogP contribution in [0.5, 0.6) is 0 Å². The summed E-state index contributed by atoms with van der Waals surface area (Å²) in [6, 6.07) is 0. The third kappa shape index (κ3) is 9.66. The van der Waals surface area contributed by atoms with Gasteiger partial charge in [0, 0.05) is 34.3 Å². The summed E-state index contributed by atoms with van der Waals surface area (Å²) in [5.74, 6) is 0.696. The molecule has 0 heterocycles. The zero-order valence-corrected chi connectivity index (χ0v) is 18.0. The minimum atomic E-state index is -0.00137. The Morgan fingerprint density at radius 2 is 1.79 bits per heavy atom. The van der Waals surface area contributed by atoms with Crippen molar-refractivity contribution in [2.75, 3.05) is 47.4 Å². The van der Waals surface area contributed by atoms with Crippen LogP contribution in [-0.2, 0) is 9.53 Å². The summed E-state index contributed by atoms with van der Waals surface area (Å²) < 4.78 is 5.07. The van der Waals surface area contributed by atoms with Crippen LogP contribution in [0.4, 0.5) is 0 Å². The Morgan fingerprint density at radius 3 is 2.33 bits per heavy atom. The Balaban J connectivity index is 0.00000529. The minimum absolute atomic E-state index is 0. The summed E-state index contributed by atoms with van der Waals surface area (Å²) in [5.41, 5.74) is 0.311. The normalized spacial score (nSPS) is 17.4. The van der Waals surface area contributed by atoms with E-state index in [1.54, 1.807) is 26.1 Å². The minimum Gasteiger partial charge on any atom is -0.383 e. The Bertz CT molecular complexity index is 381. The second-order valence-corrected chi connectivity index (χ2v) is 6.95. The molecule has 2 N–H and O–H groups in total. The van der Waals surface area contributed by atoms with Gasteiger partial charge in [-0.1, -0.05) is 32.6 Å². The van der Waals surface area contributed by atoms with Gasteiger partial charge in [0.25, 0.3) is 0 Å². The summed E-state index contributed by atoms with van der Waals surface area (Å²) in [7, 11) is 5.17. The number of guanidine groups is 1. The third-order valence-corrected chi connectivity index (χ3v) is 4.46. The number of rotatable bonds is 7. The Morgan fingerprint density at radius 1 is 1.17 bits per heavy atom. The maximum Gasteiger partial charge on any atom is 0.243 e. The summed E-state index contributed by atoms with van der Waals surface area (Å²) >= 11 is 0. The molecule has 0 aromatic rings. The van der Waals surface area contributed by atoms with E-state index in [2.05, 4.69) is 22.5 Å². The lowest BCUT2D eigenvalue weighted by atomic mass is 9.82. The zero-order valence-electron chi connectivity index (χ0n) is 15.7. The fraction of sp³-hybridized carbons (Fsp3) is 0.882. The van der Waals surface area contributed by atoms with Gasteiger partial charge in [-0.25, -0.2) is 4.99 Å². The number of ether oxygens (including phenoxy) is 1. The first kappa shape index (κ1) is 23.4. The van der Waals surface area contributed by atoms with Crippen LogP contribution in [0.1, 0.15) is 45.4 Å². The van der Waals surface area contributed by atoms with E-state index in [1.807, 2.05) is 0 Å². The summed E-state index contributed by atoms with van der Waals surface area (Å²) in [4.78, 5) is 17.7. The van der Waals surface area contributed by atoms with Gasteiger partial charge >= 0.3 is 0 Å². The monoisotopic (exact) mass is 454 g/mol. The number of hydrogen-bond donors (Lipinski definition) is 2. The lowest BCUT2D eigenvalue weighted by molar-refractivity contribution is -0.127. The maximum absolute atomic E-state index is 11.7. The molecule has 142 valence electrons. The summed E-state index contributed by atoms with van der Waals surface area (Å²) in [5, 5.41) is 6.65. The molecule has 0 unspecified atom stereocenters. The molecular formula is C17H35IN4O2. The molecule has 0 aliphatic heterocycles. The SMILES string of the molecule is COCCNC(=NCC(=O)N(C)C)NCC1(C)CCCCCC1.I. The first-order chi connectivity index (χ1) is 11.0. The molecule has 1 rings (SSSR count). The topological polar surface area (TPSA) is 66.0 Å². The van der Waals surface area contributed by atoms with Crippen molar-refractivity contribution in [3.63, 3.8) is 0 Å². The van der Waals surface area contributed by atoms with Gasteiger partial charge in [-0.05, 0) is 18.3 Å². The van der Waals surface area contributed by atoms with Crippen molar-refractivity contribution in [3.05, 3.63) is 0 Å². The third-order valence-electron chi connectivity index (χ3n) is 4.46. The average Bonchev–Trinajstić information content (AvgIpc) is 2.74. The van der Waals surface area contributed by atoms with E-state index in [0.29, 0.717) is 24.5 Å². The van der Waals surface area contributed by atoms with Gasteiger partial charge in [0.05, 0.1) is 6.61 Å². The zero-order chi connectivity index (χ0) is 17.1. The standard InChI is InChI=1S/C17H34N4O2.HI/c1-17(9-7-5-6-8-10-17)14-20-16(18-11-12-23-4)19-13-15(22)21(2)3;/h5-14H2,1-4H3,(H2,18,19,20);1H. The molecule has 1 saturated carbocycles. The molecule has 0 aromatic heterocycles. The molecule has 0 atom stereocenters.